The van der Waals surface area contributed by atoms with Crippen molar-refractivity contribution in [1.29, 1.82) is 0 Å². The van der Waals surface area contributed by atoms with Crippen LogP contribution in [-0.2, 0) is 24.5 Å². The van der Waals surface area contributed by atoms with Crippen molar-refractivity contribution < 1.29 is 9.66 Å². The van der Waals surface area contributed by atoms with Gasteiger partial charge in [0.1, 0.15) is 4.75 Å². The topological polar surface area (TPSA) is 55.3 Å². The van der Waals surface area contributed by atoms with E-state index in [1.54, 1.807) is 11.8 Å². The summed E-state index contributed by atoms with van der Waals surface area (Å²) in [7, 11) is 0. The van der Waals surface area contributed by atoms with Gasteiger partial charge in [0.05, 0.1) is 13.2 Å². The molecule has 0 heterocycles. The van der Waals surface area contributed by atoms with E-state index in [0.29, 0.717) is 12.5 Å². The Balaban J connectivity index is 2.30. The molecule has 1 unspecified atom stereocenters. The van der Waals surface area contributed by atoms with E-state index < -0.39 is 11.4 Å². The molecule has 142 valence electrons. The Morgan fingerprint density at radius 2 is 1.73 bits per heavy atom. The molecule has 2 N–H and O–H groups in total. The fourth-order valence-electron chi connectivity index (χ4n) is 2.41. The Morgan fingerprint density at radius 3 is 2.35 bits per heavy atom. The summed E-state index contributed by atoms with van der Waals surface area (Å²) in [4.78, 5) is 2.17. The zero-order valence-electron chi connectivity index (χ0n) is 16.2. The van der Waals surface area contributed by atoms with E-state index in [2.05, 4.69) is 36.8 Å². The van der Waals surface area contributed by atoms with Gasteiger partial charge in [-0.15, -0.1) is 4.72 Å². The molecule has 0 radical (unpaired) electrons. The lowest BCUT2D eigenvalue weighted by molar-refractivity contribution is 0.279. The van der Waals surface area contributed by atoms with Gasteiger partial charge in [0.15, 0.2) is 0 Å². The van der Waals surface area contributed by atoms with Crippen LogP contribution < -0.4 is 4.72 Å². The van der Waals surface area contributed by atoms with Crippen LogP contribution in [0.25, 0.3) is 0 Å². The summed E-state index contributed by atoms with van der Waals surface area (Å²) >= 11 is 0.531. The van der Waals surface area contributed by atoms with Crippen LogP contribution in [0.2, 0.25) is 0 Å². The molecule has 26 heavy (non-hydrogen) atoms. The normalized spacial score (nSPS) is 13.2. The summed E-state index contributed by atoms with van der Waals surface area (Å²) < 4.78 is 15.3. The lowest BCUT2D eigenvalue weighted by Gasteiger charge is -2.24. The van der Waals surface area contributed by atoms with Crippen LogP contribution in [0.15, 0.2) is 52.3 Å². The minimum absolute atomic E-state index is 0.0227. The van der Waals surface area contributed by atoms with Crippen molar-refractivity contribution in [3.05, 3.63) is 59.2 Å². The van der Waals surface area contributed by atoms with Gasteiger partial charge in [-0.2, -0.15) is 0 Å². The average Bonchev–Trinajstić information content (AvgIpc) is 2.59. The van der Waals surface area contributed by atoms with E-state index in [4.69, 9.17) is 0 Å². The quantitative estimate of drug-likeness (QED) is 0.652. The highest BCUT2D eigenvalue weighted by molar-refractivity contribution is 7.99. The van der Waals surface area contributed by atoms with Crippen molar-refractivity contribution in [3.63, 3.8) is 0 Å². The molecule has 0 fully saturated rings. The molecule has 0 aliphatic rings. The second kappa shape index (κ2) is 9.29. The second-order valence-corrected chi connectivity index (χ2v) is 10.7. The van der Waals surface area contributed by atoms with Crippen molar-refractivity contribution in [1.82, 2.24) is 4.72 Å². The summed E-state index contributed by atoms with van der Waals surface area (Å²) in [5.74, 6) is 0.436. The first kappa shape index (κ1) is 21.3. The number of hydrogen-bond acceptors (Lipinski definition) is 4. The number of rotatable bonds is 7. The van der Waals surface area contributed by atoms with Crippen LogP contribution in [0, 0.1) is 0 Å². The average molecular weight is 392 g/mol. The molecule has 3 nitrogen and oxygen atoms in total. The molecule has 0 aliphatic heterocycles. The van der Waals surface area contributed by atoms with E-state index in [-0.39, 0.29) is 11.4 Å². The zero-order chi connectivity index (χ0) is 19.3. The molecule has 0 spiro atoms. The third-order valence-electron chi connectivity index (χ3n) is 4.06. The molecule has 2 aromatic carbocycles. The highest BCUT2D eigenvalue weighted by atomic mass is 32.2. The van der Waals surface area contributed by atoms with E-state index >= 15 is 0 Å². The first-order chi connectivity index (χ1) is 12.2. The molecular formula is C21H29NO2S2. The third-order valence-corrected chi connectivity index (χ3v) is 6.82. The first-order valence-electron chi connectivity index (χ1n) is 8.87. The largest absolute Gasteiger partial charge is 0.598 e. The fourth-order valence-corrected chi connectivity index (χ4v) is 4.17. The van der Waals surface area contributed by atoms with Crippen LogP contribution in [0.3, 0.4) is 0 Å². The molecule has 0 saturated heterocycles. The lowest BCUT2D eigenvalue weighted by Crippen LogP contribution is -2.39. The first-order valence-corrected chi connectivity index (χ1v) is 10.8. The molecule has 0 aliphatic carbocycles. The molecule has 2 rings (SSSR count). The van der Waals surface area contributed by atoms with Gasteiger partial charge < -0.3 is 9.66 Å². The van der Waals surface area contributed by atoms with E-state index in [9.17, 15) is 9.66 Å². The Bertz CT molecular complexity index is 726. The number of benzene rings is 2. The maximum atomic E-state index is 12.4. The molecular weight excluding hydrogens is 362 g/mol. The Labute approximate surface area is 164 Å². The van der Waals surface area contributed by atoms with Crippen molar-refractivity contribution in [2.24, 2.45) is 0 Å². The molecule has 0 amide bonds. The molecule has 2 aromatic rings. The van der Waals surface area contributed by atoms with Gasteiger partial charge in [-0.05, 0) is 55.5 Å². The Morgan fingerprint density at radius 1 is 1.08 bits per heavy atom. The van der Waals surface area contributed by atoms with Crippen molar-refractivity contribution >= 4 is 23.1 Å². The summed E-state index contributed by atoms with van der Waals surface area (Å²) in [6, 6.07) is 14.4. The minimum Gasteiger partial charge on any atom is -0.598 e. The molecule has 0 bridgehead atoms. The van der Waals surface area contributed by atoms with Gasteiger partial charge in [-0.3, -0.25) is 0 Å². The zero-order valence-corrected chi connectivity index (χ0v) is 17.8. The van der Waals surface area contributed by atoms with E-state index in [1.165, 1.54) is 5.56 Å². The van der Waals surface area contributed by atoms with Gasteiger partial charge in [0.25, 0.3) is 0 Å². The Hall–Kier alpha value is -0.980. The molecule has 0 saturated carbocycles. The van der Waals surface area contributed by atoms with Gasteiger partial charge in [-0.25, -0.2) is 0 Å². The standard InChI is InChI=1S/C21H29NO2S2/c1-15(2)16-10-11-20(25-19-9-7-6-8-17(19)14-23)18(12-16)13-22-26(24)21(3,4)5/h6-12,15,22-23H,13-14H2,1-5H3. The third kappa shape index (κ3) is 5.76. The van der Waals surface area contributed by atoms with Crippen molar-refractivity contribution in [2.45, 2.75) is 68.2 Å². The van der Waals surface area contributed by atoms with Crippen molar-refractivity contribution in [3.8, 4) is 0 Å². The van der Waals surface area contributed by atoms with Gasteiger partial charge in [-0.1, -0.05) is 55.9 Å². The summed E-state index contributed by atoms with van der Waals surface area (Å²) in [5, 5.41) is 9.58. The van der Waals surface area contributed by atoms with Crippen molar-refractivity contribution in [2.75, 3.05) is 0 Å². The number of aliphatic hydroxyl groups is 1. The number of hydrogen-bond donors (Lipinski definition) is 2. The predicted molar refractivity (Wildman–Crippen MR) is 112 cm³/mol. The SMILES string of the molecule is CC(C)c1ccc(Sc2ccccc2CO)c(CN[S+]([O-])C(C)(C)C)c1. The second-order valence-electron chi connectivity index (χ2n) is 7.59. The lowest BCUT2D eigenvalue weighted by atomic mass is 10.0. The molecule has 0 aromatic heterocycles. The summed E-state index contributed by atoms with van der Waals surface area (Å²) in [5.41, 5.74) is 3.32. The number of nitrogens with one attached hydrogen (secondary N) is 1. The van der Waals surface area contributed by atoms with Crippen LogP contribution in [-0.4, -0.2) is 14.4 Å². The van der Waals surface area contributed by atoms with Gasteiger partial charge >= 0.3 is 0 Å². The van der Waals surface area contributed by atoms with Crippen LogP contribution in [0.1, 0.15) is 57.2 Å². The highest BCUT2D eigenvalue weighted by Crippen LogP contribution is 2.34. The van der Waals surface area contributed by atoms with Gasteiger partial charge in [0, 0.05) is 21.2 Å². The maximum Gasteiger partial charge on any atom is 0.136 e. The van der Waals surface area contributed by atoms with Crippen LogP contribution >= 0.6 is 11.8 Å². The highest BCUT2D eigenvalue weighted by Gasteiger charge is 2.26. The maximum absolute atomic E-state index is 12.4. The van der Waals surface area contributed by atoms with Gasteiger partial charge in [0.2, 0.25) is 0 Å². The molecule has 5 heteroatoms. The summed E-state index contributed by atoms with van der Waals surface area (Å²) in [6.07, 6.45) is 0. The smallest absolute Gasteiger partial charge is 0.136 e. The number of aliphatic hydroxyl groups excluding tert-OH is 1. The Kier molecular flexibility index (Phi) is 7.62. The van der Waals surface area contributed by atoms with E-state index in [0.717, 1.165) is 20.9 Å². The minimum atomic E-state index is -1.12. The summed E-state index contributed by atoms with van der Waals surface area (Å²) in [6.45, 7) is 10.8. The molecule has 1 atom stereocenters. The van der Waals surface area contributed by atoms with E-state index in [1.807, 2.05) is 45.0 Å². The van der Waals surface area contributed by atoms with Crippen LogP contribution in [0.4, 0.5) is 0 Å². The monoisotopic (exact) mass is 391 g/mol. The van der Waals surface area contributed by atoms with Crippen LogP contribution in [0.5, 0.6) is 0 Å². The predicted octanol–water partition coefficient (Wildman–Crippen LogP) is 5.01. The fraction of sp³-hybridized carbons (Fsp3) is 0.429.